The molecule has 0 unspecified atom stereocenters. The van der Waals surface area contributed by atoms with Crippen LogP contribution in [-0.2, 0) is 0 Å². The van der Waals surface area contributed by atoms with Gasteiger partial charge in [-0.15, -0.1) is 5.10 Å². The number of pyridine rings is 1. The molecule has 84 valence electrons. The number of aromatic nitrogens is 4. The summed E-state index contributed by atoms with van der Waals surface area (Å²) < 4.78 is 0. The molecular formula is C9H12N6O. The second-order valence-corrected chi connectivity index (χ2v) is 3.16. The quantitative estimate of drug-likeness (QED) is 0.598. The number of anilines is 1. The van der Waals surface area contributed by atoms with Gasteiger partial charge in [0.25, 0.3) is 0 Å². The molecular weight excluding hydrogens is 208 g/mol. The lowest BCUT2D eigenvalue weighted by Crippen LogP contribution is -2.07. The summed E-state index contributed by atoms with van der Waals surface area (Å²) in [5, 5.41) is 19.2. The van der Waals surface area contributed by atoms with Crippen molar-refractivity contribution in [2.24, 2.45) is 0 Å². The third-order valence-electron chi connectivity index (χ3n) is 1.98. The van der Waals surface area contributed by atoms with Crippen molar-refractivity contribution in [3.05, 3.63) is 24.5 Å². The molecule has 2 heterocycles. The van der Waals surface area contributed by atoms with Gasteiger partial charge >= 0.3 is 0 Å². The lowest BCUT2D eigenvalue weighted by atomic mass is 10.2. The number of nitrogen functional groups attached to an aromatic ring is 1. The molecule has 0 spiro atoms. The van der Waals surface area contributed by atoms with Crippen molar-refractivity contribution in [2.75, 3.05) is 24.3 Å². The van der Waals surface area contributed by atoms with Gasteiger partial charge in [0.15, 0.2) is 0 Å². The molecule has 0 aromatic carbocycles. The van der Waals surface area contributed by atoms with Crippen LogP contribution in [0.3, 0.4) is 0 Å². The number of aliphatic hydroxyl groups is 1. The third-order valence-corrected chi connectivity index (χ3v) is 1.98. The van der Waals surface area contributed by atoms with Crippen molar-refractivity contribution >= 4 is 5.82 Å². The Hall–Kier alpha value is -2.15. The summed E-state index contributed by atoms with van der Waals surface area (Å²) in [6, 6.07) is 3.63. The minimum Gasteiger partial charge on any atom is -0.395 e. The molecule has 2 aromatic rings. The number of nitrogens with zero attached hydrogens (tertiary/aromatic N) is 4. The van der Waals surface area contributed by atoms with Crippen LogP contribution in [0.25, 0.3) is 11.3 Å². The number of hydrogen-bond donors (Lipinski definition) is 3. The molecule has 0 aliphatic carbocycles. The van der Waals surface area contributed by atoms with Crippen LogP contribution < -0.4 is 11.2 Å². The maximum atomic E-state index is 8.68. The van der Waals surface area contributed by atoms with E-state index in [1.807, 2.05) is 12.1 Å². The number of hydrogen-bond acceptors (Lipinski definition) is 6. The van der Waals surface area contributed by atoms with E-state index in [0.29, 0.717) is 18.1 Å². The Balaban J connectivity index is 2.22. The van der Waals surface area contributed by atoms with E-state index in [9.17, 15) is 0 Å². The van der Waals surface area contributed by atoms with Gasteiger partial charge in [0.2, 0.25) is 0 Å². The van der Waals surface area contributed by atoms with Gasteiger partial charge in [-0.3, -0.25) is 0 Å². The van der Waals surface area contributed by atoms with Crippen LogP contribution in [0.5, 0.6) is 0 Å². The highest BCUT2D eigenvalue weighted by atomic mass is 16.3. The Morgan fingerprint density at radius 1 is 1.50 bits per heavy atom. The van der Waals surface area contributed by atoms with Crippen molar-refractivity contribution in [2.45, 2.75) is 0 Å². The van der Waals surface area contributed by atoms with Gasteiger partial charge in [-0.25, -0.2) is 4.98 Å². The highest BCUT2D eigenvalue weighted by Gasteiger charge is 2.03. The molecule has 7 nitrogen and oxygen atoms in total. The highest BCUT2D eigenvalue weighted by molar-refractivity contribution is 5.61. The van der Waals surface area contributed by atoms with Crippen LogP contribution in [0.15, 0.2) is 24.5 Å². The lowest BCUT2D eigenvalue weighted by molar-refractivity contribution is 0.311. The molecule has 0 aliphatic heterocycles. The number of aliphatic hydroxyl groups excluding tert-OH is 1. The van der Waals surface area contributed by atoms with Crippen molar-refractivity contribution in [3.8, 4) is 11.3 Å². The maximum absolute atomic E-state index is 8.68. The van der Waals surface area contributed by atoms with Crippen molar-refractivity contribution < 1.29 is 5.11 Å². The first-order chi connectivity index (χ1) is 7.79. The third kappa shape index (κ3) is 2.26. The summed E-state index contributed by atoms with van der Waals surface area (Å²) in [7, 11) is 0. The zero-order valence-corrected chi connectivity index (χ0v) is 8.54. The minimum atomic E-state index is 0.0604. The molecule has 16 heavy (non-hydrogen) atoms. The van der Waals surface area contributed by atoms with Crippen LogP contribution in [0.1, 0.15) is 0 Å². The molecule has 0 atom stereocenters. The average Bonchev–Trinajstić information content (AvgIpc) is 2.74. The van der Waals surface area contributed by atoms with E-state index in [0.717, 1.165) is 10.4 Å². The monoisotopic (exact) mass is 220 g/mol. The summed E-state index contributed by atoms with van der Waals surface area (Å²) in [6.07, 6.45) is 3.27. The van der Waals surface area contributed by atoms with Gasteiger partial charge < -0.3 is 16.3 Å². The first-order valence-corrected chi connectivity index (χ1v) is 4.78. The van der Waals surface area contributed by atoms with Crippen LogP contribution >= 0.6 is 0 Å². The summed E-state index contributed by atoms with van der Waals surface area (Å²) in [5.41, 5.74) is 1.55. The Kier molecular flexibility index (Phi) is 2.97. The first kappa shape index (κ1) is 10.4. The van der Waals surface area contributed by atoms with Gasteiger partial charge in [-0.05, 0) is 17.3 Å². The Morgan fingerprint density at radius 2 is 2.38 bits per heavy atom. The lowest BCUT2D eigenvalue weighted by Gasteiger charge is -2.03. The van der Waals surface area contributed by atoms with Gasteiger partial charge in [-0.1, -0.05) is 0 Å². The largest absolute Gasteiger partial charge is 0.395 e. The molecule has 0 fully saturated rings. The summed E-state index contributed by atoms with van der Waals surface area (Å²) in [4.78, 5) is 5.25. The Bertz CT molecular complexity index is 469. The van der Waals surface area contributed by atoms with E-state index >= 15 is 0 Å². The Morgan fingerprint density at radius 3 is 3.06 bits per heavy atom. The molecule has 0 saturated carbocycles. The standard InChI is InChI=1S/C9H12N6O/c10-15-6-8(13-14-15)7-1-2-11-9(5-7)12-3-4-16/h1-2,5-6,16H,3-4,10H2,(H,11,12). The van der Waals surface area contributed by atoms with Crippen molar-refractivity contribution in [1.29, 1.82) is 0 Å². The molecule has 2 rings (SSSR count). The summed E-state index contributed by atoms with van der Waals surface area (Å²) in [6.45, 7) is 0.519. The normalized spacial score (nSPS) is 10.3. The number of nitrogens with two attached hydrogens (primary N) is 1. The van der Waals surface area contributed by atoms with E-state index in [2.05, 4.69) is 20.6 Å². The minimum absolute atomic E-state index is 0.0604. The van der Waals surface area contributed by atoms with Gasteiger partial charge in [-0.2, -0.15) is 4.79 Å². The molecule has 0 bridgehead atoms. The number of nitrogens with one attached hydrogen (secondary N) is 1. The van der Waals surface area contributed by atoms with Crippen molar-refractivity contribution in [3.63, 3.8) is 0 Å². The summed E-state index contributed by atoms with van der Waals surface area (Å²) in [5.74, 6) is 6.09. The molecule has 7 heteroatoms. The van der Waals surface area contributed by atoms with Crippen LogP contribution in [0, 0.1) is 0 Å². The fourth-order valence-electron chi connectivity index (χ4n) is 1.28. The number of rotatable bonds is 4. The van der Waals surface area contributed by atoms with E-state index < -0.39 is 0 Å². The summed E-state index contributed by atoms with van der Waals surface area (Å²) >= 11 is 0. The molecule has 2 aromatic heterocycles. The van der Waals surface area contributed by atoms with E-state index in [1.165, 1.54) is 0 Å². The molecule has 4 N–H and O–H groups in total. The van der Waals surface area contributed by atoms with Gasteiger partial charge in [0.1, 0.15) is 11.5 Å². The average molecular weight is 220 g/mol. The second-order valence-electron chi connectivity index (χ2n) is 3.16. The predicted octanol–water partition coefficient (Wildman–Crippen LogP) is -0.542. The van der Waals surface area contributed by atoms with Crippen LogP contribution in [0.2, 0.25) is 0 Å². The molecule has 0 aliphatic rings. The van der Waals surface area contributed by atoms with Crippen LogP contribution in [-0.4, -0.2) is 38.3 Å². The SMILES string of the molecule is Nn1cc(-c2ccnc(NCCO)c2)nn1. The van der Waals surface area contributed by atoms with Crippen molar-refractivity contribution in [1.82, 2.24) is 20.1 Å². The van der Waals surface area contributed by atoms with E-state index in [1.54, 1.807) is 12.4 Å². The second kappa shape index (κ2) is 4.58. The van der Waals surface area contributed by atoms with E-state index in [4.69, 9.17) is 10.9 Å². The molecule has 0 amide bonds. The fourth-order valence-corrected chi connectivity index (χ4v) is 1.28. The zero-order valence-electron chi connectivity index (χ0n) is 8.54. The van der Waals surface area contributed by atoms with E-state index in [-0.39, 0.29) is 6.61 Å². The zero-order chi connectivity index (χ0) is 11.4. The topological polar surface area (TPSA) is 102 Å². The van der Waals surface area contributed by atoms with Gasteiger partial charge in [0, 0.05) is 18.3 Å². The fraction of sp³-hybridized carbons (Fsp3) is 0.222. The Labute approximate surface area is 91.9 Å². The van der Waals surface area contributed by atoms with Crippen LogP contribution in [0.4, 0.5) is 5.82 Å². The molecule has 0 saturated heterocycles. The predicted molar refractivity (Wildman–Crippen MR) is 59.0 cm³/mol. The first-order valence-electron chi connectivity index (χ1n) is 4.78. The molecule has 0 radical (unpaired) electrons. The smallest absolute Gasteiger partial charge is 0.126 e. The maximum Gasteiger partial charge on any atom is 0.126 e. The highest BCUT2D eigenvalue weighted by Crippen LogP contribution is 2.17. The van der Waals surface area contributed by atoms with Gasteiger partial charge in [0.05, 0.1) is 12.8 Å².